The van der Waals surface area contributed by atoms with Crippen LogP contribution in [-0.4, -0.2) is 15.9 Å². The van der Waals surface area contributed by atoms with E-state index in [9.17, 15) is 9.90 Å². The molecule has 0 fully saturated rings. The number of aliphatic hydroxyl groups is 1. The van der Waals surface area contributed by atoms with Gasteiger partial charge in [-0.15, -0.1) is 0 Å². The summed E-state index contributed by atoms with van der Waals surface area (Å²) in [4.78, 5) is 18.1. The van der Waals surface area contributed by atoms with Crippen molar-refractivity contribution >= 4 is 23.0 Å². The Labute approximate surface area is 202 Å². The fourth-order valence-electron chi connectivity index (χ4n) is 4.00. The Morgan fingerprint density at radius 2 is 1.67 bits per heavy atom. The standard InChI is InChI=1S/C29H32ClNO2/c1-4-6-8-21-10-12-23(13-11-21)28(32)27(29(33)24-9-7-18-31-19-24)26(20(3)5-2)22-14-16-25(30)17-15-22/h7,9-20,29,33H,4-6,8H2,1-3H3/b27-26-. The predicted molar refractivity (Wildman–Crippen MR) is 136 cm³/mol. The van der Waals surface area contributed by atoms with E-state index in [2.05, 4.69) is 25.8 Å². The van der Waals surface area contributed by atoms with Crippen LogP contribution in [0.15, 0.2) is 78.6 Å². The summed E-state index contributed by atoms with van der Waals surface area (Å²) in [5.41, 5.74) is 4.50. The summed E-state index contributed by atoms with van der Waals surface area (Å²) in [6.45, 7) is 6.34. The second kappa shape index (κ2) is 11.9. The minimum Gasteiger partial charge on any atom is -0.383 e. The Bertz CT molecular complexity index is 1070. The highest BCUT2D eigenvalue weighted by Gasteiger charge is 2.28. The molecule has 0 aliphatic rings. The molecule has 33 heavy (non-hydrogen) atoms. The molecule has 3 nitrogen and oxygen atoms in total. The lowest BCUT2D eigenvalue weighted by atomic mass is 9.81. The summed E-state index contributed by atoms with van der Waals surface area (Å²) in [5, 5.41) is 12.1. The van der Waals surface area contributed by atoms with Crippen LogP contribution >= 0.6 is 11.6 Å². The molecule has 0 saturated carbocycles. The highest BCUT2D eigenvalue weighted by atomic mass is 35.5. The zero-order valence-electron chi connectivity index (χ0n) is 19.6. The number of halogens is 1. The van der Waals surface area contributed by atoms with Gasteiger partial charge in [0.25, 0.3) is 0 Å². The van der Waals surface area contributed by atoms with Crippen LogP contribution < -0.4 is 0 Å². The molecule has 0 amide bonds. The van der Waals surface area contributed by atoms with E-state index in [4.69, 9.17) is 11.6 Å². The van der Waals surface area contributed by atoms with E-state index in [1.165, 1.54) is 5.56 Å². The third-order valence-electron chi connectivity index (χ3n) is 6.10. The van der Waals surface area contributed by atoms with Gasteiger partial charge in [0.15, 0.2) is 5.78 Å². The zero-order chi connectivity index (χ0) is 23.8. The minimum absolute atomic E-state index is 0.0558. The first-order chi connectivity index (χ1) is 16.0. The number of aliphatic hydroxyl groups excluding tert-OH is 1. The number of benzene rings is 2. The topological polar surface area (TPSA) is 50.2 Å². The van der Waals surface area contributed by atoms with Gasteiger partial charge < -0.3 is 5.11 Å². The number of aryl methyl sites for hydroxylation is 1. The number of Topliss-reactive ketones (excluding diaryl/α,β-unsaturated/α-hetero) is 1. The van der Waals surface area contributed by atoms with Crippen molar-refractivity contribution in [3.8, 4) is 0 Å². The first kappa shape index (κ1) is 24.9. The number of carbonyl (C=O) groups excluding carboxylic acids is 1. The van der Waals surface area contributed by atoms with Crippen LogP contribution in [0.2, 0.25) is 5.02 Å². The average Bonchev–Trinajstić information content (AvgIpc) is 2.86. The molecule has 0 aliphatic carbocycles. The van der Waals surface area contributed by atoms with Crippen LogP contribution in [0, 0.1) is 5.92 Å². The number of pyridine rings is 1. The highest BCUT2D eigenvalue weighted by molar-refractivity contribution is 6.30. The van der Waals surface area contributed by atoms with Crippen molar-refractivity contribution in [2.45, 2.75) is 52.6 Å². The molecule has 0 aliphatic heterocycles. The summed E-state index contributed by atoms with van der Waals surface area (Å²) in [6.07, 6.45) is 6.24. The third kappa shape index (κ3) is 6.19. The summed E-state index contributed by atoms with van der Waals surface area (Å²) in [7, 11) is 0. The summed E-state index contributed by atoms with van der Waals surface area (Å²) >= 11 is 6.14. The molecular formula is C29H32ClNO2. The Morgan fingerprint density at radius 1 is 1.00 bits per heavy atom. The maximum atomic E-state index is 13.9. The second-order valence-corrected chi connectivity index (χ2v) is 8.90. The van der Waals surface area contributed by atoms with Crippen LogP contribution in [0.3, 0.4) is 0 Å². The molecule has 0 saturated heterocycles. The third-order valence-corrected chi connectivity index (χ3v) is 6.36. The summed E-state index contributed by atoms with van der Waals surface area (Å²) in [6, 6.07) is 18.8. The Balaban J connectivity index is 2.17. The van der Waals surface area contributed by atoms with Gasteiger partial charge in [-0.05, 0) is 60.1 Å². The van der Waals surface area contributed by atoms with Crippen molar-refractivity contribution in [2.75, 3.05) is 0 Å². The SMILES string of the molecule is CCCCc1ccc(C(=O)/C(=C(/c2ccc(Cl)cc2)C(C)CC)C(O)c2cccnc2)cc1. The monoisotopic (exact) mass is 461 g/mol. The predicted octanol–water partition coefficient (Wildman–Crippen LogP) is 7.49. The molecule has 2 aromatic carbocycles. The van der Waals surface area contributed by atoms with Gasteiger partial charge >= 0.3 is 0 Å². The van der Waals surface area contributed by atoms with Crippen molar-refractivity contribution in [3.05, 3.63) is 106 Å². The van der Waals surface area contributed by atoms with Crippen molar-refractivity contribution in [2.24, 2.45) is 5.92 Å². The lowest BCUT2D eigenvalue weighted by Crippen LogP contribution is -2.17. The number of hydrogen-bond donors (Lipinski definition) is 1. The normalized spacial score (nSPS) is 13.8. The smallest absolute Gasteiger partial charge is 0.192 e. The van der Waals surface area contributed by atoms with Crippen LogP contribution in [0.4, 0.5) is 0 Å². The van der Waals surface area contributed by atoms with Crippen LogP contribution in [0.25, 0.3) is 5.57 Å². The molecule has 2 atom stereocenters. The summed E-state index contributed by atoms with van der Waals surface area (Å²) in [5.74, 6) is -0.112. The van der Waals surface area contributed by atoms with Crippen molar-refractivity contribution in [1.82, 2.24) is 4.98 Å². The number of allylic oxidation sites excluding steroid dienone is 1. The molecule has 0 radical (unpaired) electrons. The molecule has 3 aromatic rings. The molecule has 0 spiro atoms. The van der Waals surface area contributed by atoms with E-state index in [0.29, 0.717) is 21.7 Å². The summed E-state index contributed by atoms with van der Waals surface area (Å²) < 4.78 is 0. The van der Waals surface area contributed by atoms with E-state index in [1.54, 1.807) is 24.5 Å². The van der Waals surface area contributed by atoms with Gasteiger partial charge in [0, 0.05) is 34.1 Å². The number of rotatable bonds is 10. The fourth-order valence-corrected chi connectivity index (χ4v) is 4.12. The average molecular weight is 462 g/mol. The van der Waals surface area contributed by atoms with Crippen molar-refractivity contribution < 1.29 is 9.90 Å². The van der Waals surface area contributed by atoms with Gasteiger partial charge in [-0.25, -0.2) is 0 Å². The minimum atomic E-state index is -1.09. The van der Waals surface area contributed by atoms with Gasteiger partial charge in [0.2, 0.25) is 0 Å². The first-order valence-corrected chi connectivity index (χ1v) is 12.1. The molecule has 3 rings (SSSR count). The molecule has 0 bridgehead atoms. The molecule has 1 heterocycles. The van der Waals surface area contributed by atoms with E-state index < -0.39 is 6.10 Å². The molecular weight excluding hydrogens is 430 g/mol. The Morgan fingerprint density at radius 3 is 2.24 bits per heavy atom. The van der Waals surface area contributed by atoms with Crippen LogP contribution in [0.5, 0.6) is 0 Å². The van der Waals surface area contributed by atoms with E-state index >= 15 is 0 Å². The van der Waals surface area contributed by atoms with E-state index in [1.807, 2.05) is 48.5 Å². The number of unbranched alkanes of at least 4 members (excludes halogenated alkanes) is 1. The van der Waals surface area contributed by atoms with Gasteiger partial charge in [-0.1, -0.05) is 81.3 Å². The number of ketones is 1. The molecule has 1 aromatic heterocycles. The lowest BCUT2D eigenvalue weighted by Gasteiger charge is -2.24. The number of carbonyl (C=O) groups is 1. The number of nitrogens with zero attached hydrogens (tertiary/aromatic N) is 1. The second-order valence-electron chi connectivity index (χ2n) is 8.46. The van der Waals surface area contributed by atoms with E-state index in [-0.39, 0.29) is 11.7 Å². The van der Waals surface area contributed by atoms with Crippen molar-refractivity contribution in [3.63, 3.8) is 0 Å². The molecule has 172 valence electrons. The highest BCUT2D eigenvalue weighted by Crippen LogP contribution is 2.37. The molecule has 2 unspecified atom stereocenters. The Kier molecular flexibility index (Phi) is 8.99. The largest absolute Gasteiger partial charge is 0.383 e. The first-order valence-electron chi connectivity index (χ1n) is 11.7. The number of aromatic nitrogens is 1. The van der Waals surface area contributed by atoms with Crippen molar-refractivity contribution in [1.29, 1.82) is 0 Å². The maximum Gasteiger partial charge on any atom is 0.192 e. The van der Waals surface area contributed by atoms with Gasteiger partial charge in [0.05, 0.1) is 0 Å². The zero-order valence-corrected chi connectivity index (χ0v) is 20.3. The molecule has 1 N–H and O–H groups in total. The quantitative estimate of drug-likeness (QED) is 0.251. The van der Waals surface area contributed by atoms with Gasteiger partial charge in [0.1, 0.15) is 6.10 Å². The van der Waals surface area contributed by atoms with Gasteiger partial charge in [-0.3, -0.25) is 9.78 Å². The van der Waals surface area contributed by atoms with E-state index in [0.717, 1.165) is 36.8 Å². The fraction of sp³-hybridized carbons (Fsp3) is 0.310. The van der Waals surface area contributed by atoms with Gasteiger partial charge in [-0.2, -0.15) is 0 Å². The lowest BCUT2D eigenvalue weighted by molar-refractivity contribution is 0.0987. The maximum absolute atomic E-state index is 13.9. The van der Waals surface area contributed by atoms with Crippen LogP contribution in [-0.2, 0) is 6.42 Å². The Hall–Kier alpha value is -2.75. The van der Waals surface area contributed by atoms with Crippen LogP contribution in [0.1, 0.15) is 73.2 Å². The number of hydrogen-bond acceptors (Lipinski definition) is 3. The molecule has 4 heteroatoms.